The number of hydrogen-bond donors (Lipinski definition) is 2. The Kier molecular flexibility index (Phi) is 5.19. The molecule has 0 atom stereocenters. The molecule has 7 nitrogen and oxygen atoms in total. The number of anilines is 1. The van der Waals surface area contributed by atoms with Crippen molar-refractivity contribution in [1.29, 1.82) is 0 Å². The summed E-state index contributed by atoms with van der Waals surface area (Å²) >= 11 is 0. The smallest absolute Gasteiger partial charge is 0.274 e. The van der Waals surface area contributed by atoms with Crippen molar-refractivity contribution in [2.45, 2.75) is 18.9 Å². The maximum Gasteiger partial charge on any atom is 0.274 e. The van der Waals surface area contributed by atoms with Gasteiger partial charge < -0.3 is 20.4 Å². The van der Waals surface area contributed by atoms with Crippen LogP contribution in [0.4, 0.5) is 5.69 Å². The SMILES string of the molecule is CN(C)CCN(C(=O)c1[nH]ncc1N)C1CCN(C)CC1. The molecule has 1 aliphatic heterocycles. The molecule has 0 aromatic carbocycles. The zero-order chi connectivity index (χ0) is 15.4. The molecular formula is C14H26N6O. The Bertz CT molecular complexity index is 464. The molecular weight excluding hydrogens is 268 g/mol. The molecule has 0 bridgehead atoms. The largest absolute Gasteiger partial charge is 0.396 e. The number of likely N-dealkylation sites (N-methyl/N-ethyl adjacent to an activating group) is 1. The van der Waals surface area contributed by atoms with Crippen molar-refractivity contribution < 1.29 is 4.79 Å². The van der Waals surface area contributed by atoms with Gasteiger partial charge in [0, 0.05) is 19.1 Å². The minimum absolute atomic E-state index is 0.0404. The maximum atomic E-state index is 12.8. The van der Waals surface area contributed by atoms with Gasteiger partial charge in [-0.25, -0.2) is 0 Å². The molecule has 1 aromatic heterocycles. The number of nitrogens with two attached hydrogens (primary N) is 1. The molecule has 1 saturated heterocycles. The molecule has 0 saturated carbocycles. The van der Waals surface area contributed by atoms with E-state index in [2.05, 4.69) is 27.0 Å². The van der Waals surface area contributed by atoms with Gasteiger partial charge in [0.05, 0.1) is 11.9 Å². The second-order valence-electron chi connectivity index (χ2n) is 6.04. The first-order valence-corrected chi connectivity index (χ1v) is 7.42. The molecule has 0 radical (unpaired) electrons. The van der Waals surface area contributed by atoms with Crippen LogP contribution < -0.4 is 5.73 Å². The Labute approximate surface area is 126 Å². The normalized spacial score (nSPS) is 17.3. The van der Waals surface area contributed by atoms with Crippen LogP contribution in [0.15, 0.2) is 6.20 Å². The van der Waals surface area contributed by atoms with Gasteiger partial charge in [-0.1, -0.05) is 0 Å². The Morgan fingerprint density at radius 1 is 1.43 bits per heavy atom. The fourth-order valence-corrected chi connectivity index (χ4v) is 2.67. The van der Waals surface area contributed by atoms with Crippen LogP contribution >= 0.6 is 0 Å². The summed E-state index contributed by atoms with van der Waals surface area (Å²) in [5.41, 5.74) is 6.66. The van der Waals surface area contributed by atoms with Crippen molar-refractivity contribution in [3.8, 4) is 0 Å². The van der Waals surface area contributed by atoms with Crippen molar-refractivity contribution in [3.05, 3.63) is 11.9 Å². The molecule has 0 unspecified atom stereocenters. The van der Waals surface area contributed by atoms with E-state index in [4.69, 9.17) is 5.73 Å². The van der Waals surface area contributed by atoms with E-state index in [0.717, 1.165) is 32.5 Å². The Balaban J connectivity index is 2.11. The monoisotopic (exact) mass is 294 g/mol. The number of likely N-dealkylation sites (tertiary alicyclic amines) is 1. The van der Waals surface area contributed by atoms with E-state index in [0.29, 0.717) is 17.9 Å². The summed E-state index contributed by atoms with van der Waals surface area (Å²) in [5.74, 6) is -0.0404. The predicted molar refractivity (Wildman–Crippen MR) is 83.1 cm³/mol. The highest BCUT2D eigenvalue weighted by Gasteiger charge is 2.29. The first kappa shape index (κ1) is 15.8. The lowest BCUT2D eigenvalue weighted by Gasteiger charge is -2.37. The minimum Gasteiger partial charge on any atom is -0.396 e. The number of hydrogen-bond acceptors (Lipinski definition) is 5. The van der Waals surface area contributed by atoms with E-state index in [1.165, 1.54) is 6.20 Å². The fourth-order valence-electron chi connectivity index (χ4n) is 2.67. The number of rotatable bonds is 5. The topological polar surface area (TPSA) is 81.5 Å². The fraction of sp³-hybridized carbons (Fsp3) is 0.714. The van der Waals surface area contributed by atoms with Crippen LogP contribution in [0.1, 0.15) is 23.3 Å². The third-order valence-corrected chi connectivity index (χ3v) is 4.06. The number of nitrogen functional groups attached to an aromatic ring is 1. The Hall–Kier alpha value is -1.60. The van der Waals surface area contributed by atoms with Crippen LogP contribution in [-0.2, 0) is 0 Å². The number of aromatic nitrogens is 2. The standard InChI is InChI=1S/C14H26N6O/c1-18(2)8-9-20(11-4-6-19(3)7-5-11)14(21)13-12(15)10-16-17-13/h10-11H,4-9,15H2,1-3H3,(H,16,17). The lowest BCUT2D eigenvalue weighted by atomic mass is 10.0. The van der Waals surface area contributed by atoms with Gasteiger partial charge in [-0.05, 0) is 47.1 Å². The Morgan fingerprint density at radius 3 is 2.62 bits per heavy atom. The van der Waals surface area contributed by atoms with Crippen LogP contribution in [-0.4, -0.2) is 84.2 Å². The summed E-state index contributed by atoms with van der Waals surface area (Å²) in [7, 11) is 6.15. The van der Waals surface area contributed by atoms with Gasteiger partial charge in [-0.3, -0.25) is 9.89 Å². The van der Waals surface area contributed by atoms with Gasteiger partial charge in [0.25, 0.3) is 5.91 Å². The van der Waals surface area contributed by atoms with Crippen LogP contribution in [0.5, 0.6) is 0 Å². The third-order valence-electron chi connectivity index (χ3n) is 4.06. The quantitative estimate of drug-likeness (QED) is 0.804. The second-order valence-corrected chi connectivity index (χ2v) is 6.04. The van der Waals surface area contributed by atoms with Crippen LogP contribution in [0.25, 0.3) is 0 Å². The molecule has 1 aliphatic rings. The lowest BCUT2D eigenvalue weighted by molar-refractivity contribution is 0.0570. The van der Waals surface area contributed by atoms with E-state index in [-0.39, 0.29) is 11.9 Å². The lowest BCUT2D eigenvalue weighted by Crippen LogP contribution is -2.48. The number of amides is 1. The van der Waals surface area contributed by atoms with Gasteiger partial charge >= 0.3 is 0 Å². The van der Waals surface area contributed by atoms with Crippen molar-refractivity contribution in [3.63, 3.8) is 0 Å². The van der Waals surface area contributed by atoms with Crippen molar-refractivity contribution in [2.24, 2.45) is 0 Å². The van der Waals surface area contributed by atoms with E-state index in [1.807, 2.05) is 19.0 Å². The van der Waals surface area contributed by atoms with Gasteiger partial charge in [-0.15, -0.1) is 0 Å². The molecule has 2 heterocycles. The summed E-state index contributed by atoms with van der Waals surface area (Å²) in [4.78, 5) is 19.1. The van der Waals surface area contributed by atoms with Gasteiger partial charge in [0.2, 0.25) is 0 Å². The molecule has 0 aliphatic carbocycles. The summed E-state index contributed by atoms with van der Waals surface area (Å²) in [6.45, 7) is 3.59. The minimum atomic E-state index is -0.0404. The van der Waals surface area contributed by atoms with Crippen LogP contribution in [0.2, 0.25) is 0 Å². The zero-order valence-electron chi connectivity index (χ0n) is 13.2. The van der Waals surface area contributed by atoms with Crippen molar-refractivity contribution in [2.75, 3.05) is 53.1 Å². The third kappa shape index (κ3) is 3.95. The summed E-state index contributed by atoms with van der Waals surface area (Å²) < 4.78 is 0. The van der Waals surface area contributed by atoms with E-state index in [9.17, 15) is 4.79 Å². The summed E-state index contributed by atoms with van der Waals surface area (Å²) in [6, 6.07) is 0.274. The maximum absolute atomic E-state index is 12.8. The molecule has 2 rings (SSSR count). The number of H-pyrrole nitrogens is 1. The van der Waals surface area contributed by atoms with Crippen molar-refractivity contribution in [1.82, 2.24) is 24.9 Å². The number of carbonyl (C=O) groups is 1. The number of nitrogens with zero attached hydrogens (tertiary/aromatic N) is 4. The first-order valence-electron chi connectivity index (χ1n) is 7.42. The first-order chi connectivity index (χ1) is 9.99. The van der Waals surface area contributed by atoms with Gasteiger partial charge in [0.15, 0.2) is 0 Å². The van der Waals surface area contributed by atoms with E-state index in [1.54, 1.807) is 0 Å². The molecule has 118 valence electrons. The molecule has 3 N–H and O–H groups in total. The molecule has 21 heavy (non-hydrogen) atoms. The molecule has 7 heteroatoms. The highest BCUT2D eigenvalue weighted by Crippen LogP contribution is 2.19. The number of piperidine rings is 1. The second kappa shape index (κ2) is 6.91. The molecule has 1 fully saturated rings. The molecule has 1 amide bonds. The number of carbonyl (C=O) groups excluding carboxylic acids is 1. The highest BCUT2D eigenvalue weighted by molar-refractivity contribution is 5.97. The van der Waals surface area contributed by atoms with E-state index >= 15 is 0 Å². The molecule has 1 aromatic rings. The zero-order valence-corrected chi connectivity index (χ0v) is 13.2. The predicted octanol–water partition coefficient (Wildman–Crippen LogP) is 0.0899. The van der Waals surface area contributed by atoms with Crippen LogP contribution in [0, 0.1) is 0 Å². The summed E-state index contributed by atoms with van der Waals surface area (Å²) in [5, 5.41) is 6.59. The number of aromatic amines is 1. The Morgan fingerprint density at radius 2 is 2.10 bits per heavy atom. The van der Waals surface area contributed by atoms with Crippen LogP contribution in [0.3, 0.4) is 0 Å². The molecule has 0 spiro atoms. The summed E-state index contributed by atoms with van der Waals surface area (Å²) in [6.07, 6.45) is 3.50. The highest BCUT2D eigenvalue weighted by atomic mass is 16.2. The van der Waals surface area contributed by atoms with Gasteiger partial charge in [-0.2, -0.15) is 5.10 Å². The van der Waals surface area contributed by atoms with Gasteiger partial charge in [0.1, 0.15) is 5.69 Å². The average molecular weight is 294 g/mol. The average Bonchev–Trinajstić information content (AvgIpc) is 2.86. The van der Waals surface area contributed by atoms with E-state index < -0.39 is 0 Å². The number of nitrogens with one attached hydrogen (secondary N) is 1. The van der Waals surface area contributed by atoms with Crippen molar-refractivity contribution >= 4 is 11.6 Å².